The summed E-state index contributed by atoms with van der Waals surface area (Å²) < 4.78 is 0. The van der Waals surface area contributed by atoms with E-state index < -0.39 is 5.97 Å². The number of carboxylic acids is 1. The normalized spacial score (nSPS) is 12.6. The van der Waals surface area contributed by atoms with Gasteiger partial charge in [0.1, 0.15) is 0 Å². The molecule has 0 aliphatic carbocycles. The van der Waals surface area contributed by atoms with Gasteiger partial charge in [-0.3, -0.25) is 4.90 Å². The Balaban J connectivity index is 2.22. The largest absolute Gasteiger partial charge is 0.478 e. The number of hydrogen-bond acceptors (Lipinski definition) is 4. The summed E-state index contributed by atoms with van der Waals surface area (Å²) in [5, 5.41) is 10.5. The van der Waals surface area contributed by atoms with Gasteiger partial charge < -0.3 is 5.11 Å². The highest BCUT2D eigenvalue weighted by Crippen LogP contribution is 2.30. The van der Waals surface area contributed by atoms with E-state index in [4.69, 9.17) is 16.7 Å². The summed E-state index contributed by atoms with van der Waals surface area (Å²) in [6.45, 7) is 6.72. The molecule has 0 amide bonds. The lowest BCUT2D eigenvalue weighted by Crippen LogP contribution is -2.22. The SMILES string of the molecule is Cc1nc(C)c(C(C)N(C)Cc2cccc(C(=O)O)c2Cl)s1. The number of aromatic nitrogens is 1. The molecule has 0 radical (unpaired) electrons. The third-order valence-corrected chi connectivity index (χ3v) is 5.40. The maximum Gasteiger partial charge on any atom is 0.337 e. The van der Waals surface area contributed by atoms with E-state index in [9.17, 15) is 4.79 Å². The van der Waals surface area contributed by atoms with Crippen molar-refractivity contribution in [2.45, 2.75) is 33.4 Å². The molecule has 1 atom stereocenters. The second kappa shape index (κ2) is 6.77. The number of aromatic carboxylic acids is 1. The van der Waals surface area contributed by atoms with Crippen LogP contribution in [0.5, 0.6) is 0 Å². The van der Waals surface area contributed by atoms with Crippen LogP contribution in [0.1, 0.15) is 44.5 Å². The first kappa shape index (κ1) is 16.9. The zero-order chi connectivity index (χ0) is 16.4. The van der Waals surface area contributed by atoms with E-state index in [2.05, 4.69) is 16.8 Å². The Morgan fingerprint density at radius 3 is 2.68 bits per heavy atom. The molecule has 2 rings (SSSR count). The molecule has 1 aromatic carbocycles. The van der Waals surface area contributed by atoms with E-state index in [1.807, 2.05) is 27.0 Å². The van der Waals surface area contributed by atoms with Crippen LogP contribution in [0.4, 0.5) is 0 Å². The van der Waals surface area contributed by atoms with Crippen molar-refractivity contribution in [3.63, 3.8) is 0 Å². The van der Waals surface area contributed by atoms with Gasteiger partial charge >= 0.3 is 5.97 Å². The van der Waals surface area contributed by atoms with Crippen LogP contribution < -0.4 is 0 Å². The average molecular weight is 339 g/mol. The number of rotatable bonds is 5. The molecule has 0 spiro atoms. The Bertz CT molecular complexity index is 699. The van der Waals surface area contributed by atoms with Gasteiger partial charge in [-0.15, -0.1) is 11.3 Å². The van der Waals surface area contributed by atoms with E-state index >= 15 is 0 Å². The molecular formula is C16H19ClN2O2S. The molecule has 0 bridgehead atoms. The molecule has 22 heavy (non-hydrogen) atoms. The third-order valence-electron chi connectivity index (χ3n) is 3.71. The molecule has 0 fully saturated rings. The molecule has 0 saturated carbocycles. The standard InChI is InChI=1S/C16H19ClN2O2S/c1-9-15(22-11(3)18-9)10(2)19(4)8-12-6-5-7-13(14(12)17)16(20)21/h5-7,10H,8H2,1-4H3,(H,20,21). The highest BCUT2D eigenvalue weighted by molar-refractivity contribution is 7.11. The second-order valence-electron chi connectivity index (χ2n) is 5.36. The third kappa shape index (κ3) is 3.48. The van der Waals surface area contributed by atoms with Gasteiger partial charge in [-0.05, 0) is 39.4 Å². The van der Waals surface area contributed by atoms with Crippen LogP contribution in [0.3, 0.4) is 0 Å². The van der Waals surface area contributed by atoms with Gasteiger partial charge in [0, 0.05) is 17.5 Å². The number of halogens is 1. The summed E-state index contributed by atoms with van der Waals surface area (Å²) in [4.78, 5) is 19.0. The minimum absolute atomic E-state index is 0.144. The second-order valence-corrected chi connectivity index (χ2v) is 6.97. The number of carboxylic acid groups (broad SMARTS) is 1. The predicted octanol–water partition coefficient (Wildman–Crippen LogP) is 4.30. The van der Waals surface area contributed by atoms with Gasteiger partial charge in [0.05, 0.1) is 21.3 Å². The number of aryl methyl sites for hydroxylation is 2. The maximum atomic E-state index is 11.2. The number of thiazole rings is 1. The molecule has 1 unspecified atom stereocenters. The molecule has 4 nitrogen and oxygen atoms in total. The highest BCUT2D eigenvalue weighted by Gasteiger charge is 2.19. The highest BCUT2D eigenvalue weighted by atomic mass is 35.5. The van der Waals surface area contributed by atoms with Crippen molar-refractivity contribution in [3.05, 3.63) is 49.9 Å². The molecule has 0 aliphatic heterocycles. The molecule has 1 N–H and O–H groups in total. The lowest BCUT2D eigenvalue weighted by molar-refractivity contribution is 0.0697. The fourth-order valence-corrected chi connectivity index (χ4v) is 3.72. The number of benzene rings is 1. The maximum absolute atomic E-state index is 11.2. The van der Waals surface area contributed by atoms with Crippen LogP contribution in [0.2, 0.25) is 5.02 Å². The van der Waals surface area contributed by atoms with Crippen LogP contribution in [0, 0.1) is 13.8 Å². The van der Waals surface area contributed by atoms with Crippen molar-refractivity contribution in [2.75, 3.05) is 7.05 Å². The molecule has 2 aromatic rings. The molecular weight excluding hydrogens is 320 g/mol. The minimum Gasteiger partial charge on any atom is -0.478 e. The Morgan fingerprint density at radius 2 is 2.14 bits per heavy atom. The van der Waals surface area contributed by atoms with Gasteiger partial charge in [-0.1, -0.05) is 23.7 Å². The topological polar surface area (TPSA) is 53.4 Å². The zero-order valence-electron chi connectivity index (χ0n) is 13.1. The molecule has 118 valence electrons. The van der Waals surface area contributed by atoms with Gasteiger partial charge in [-0.25, -0.2) is 9.78 Å². The van der Waals surface area contributed by atoms with Gasteiger partial charge in [0.25, 0.3) is 0 Å². The smallest absolute Gasteiger partial charge is 0.337 e. The van der Waals surface area contributed by atoms with Crippen LogP contribution >= 0.6 is 22.9 Å². The lowest BCUT2D eigenvalue weighted by Gasteiger charge is -2.25. The minimum atomic E-state index is -1.00. The van der Waals surface area contributed by atoms with Crippen molar-refractivity contribution in [3.8, 4) is 0 Å². The fourth-order valence-electron chi connectivity index (χ4n) is 2.41. The lowest BCUT2D eigenvalue weighted by atomic mass is 10.1. The summed E-state index contributed by atoms with van der Waals surface area (Å²) >= 11 is 7.91. The summed E-state index contributed by atoms with van der Waals surface area (Å²) in [5.74, 6) is -1.00. The molecule has 6 heteroatoms. The first-order chi connectivity index (χ1) is 10.3. The molecule has 0 saturated heterocycles. The van der Waals surface area contributed by atoms with Gasteiger partial charge in [-0.2, -0.15) is 0 Å². The van der Waals surface area contributed by atoms with Gasteiger partial charge in [0.15, 0.2) is 0 Å². The summed E-state index contributed by atoms with van der Waals surface area (Å²) in [6, 6.07) is 5.30. The van der Waals surface area contributed by atoms with E-state index in [1.54, 1.807) is 17.4 Å². The number of carbonyl (C=O) groups is 1. The van der Waals surface area contributed by atoms with Crippen LogP contribution in [-0.2, 0) is 6.54 Å². The fraction of sp³-hybridized carbons (Fsp3) is 0.375. The Hall–Kier alpha value is -1.43. The van der Waals surface area contributed by atoms with Crippen molar-refractivity contribution >= 4 is 28.9 Å². The van der Waals surface area contributed by atoms with Crippen LogP contribution in [-0.4, -0.2) is 28.0 Å². The number of nitrogens with zero attached hydrogens (tertiary/aromatic N) is 2. The Kier molecular flexibility index (Phi) is 5.21. The summed E-state index contributed by atoms with van der Waals surface area (Å²) in [7, 11) is 2.00. The van der Waals surface area contributed by atoms with E-state index in [-0.39, 0.29) is 11.6 Å². The Morgan fingerprint density at radius 1 is 1.45 bits per heavy atom. The first-order valence-corrected chi connectivity index (χ1v) is 8.15. The van der Waals surface area contributed by atoms with Gasteiger partial charge in [0.2, 0.25) is 0 Å². The van der Waals surface area contributed by atoms with E-state index in [0.717, 1.165) is 16.3 Å². The van der Waals surface area contributed by atoms with E-state index in [0.29, 0.717) is 11.6 Å². The van der Waals surface area contributed by atoms with Crippen molar-refractivity contribution in [2.24, 2.45) is 0 Å². The van der Waals surface area contributed by atoms with Crippen molar-refractivity contribution < 1.29 is 9.90 Å². The molecule has 0 aliphatic rings. The summed E-state index contributed by atoms with van der Waals surface area (Å²) in [6.07, 6.45) is 0. The monoisotopic (exact) mass is 338 g/mol. The zero-order valence-corrected chi connectivity index (χ0v) is 14.6. The summed E-state index contributed by atoms with van der Waals surface area (Å²) in [5.41, 5.74) is 2.01. The Labute approximate surface area is 139 Å². The van der Waals surface area contributed by atoms with E-state index in [1.165, 1.54) is 10.9 Å². The first-order valence-electron chi connectivity index (χ1n) is 6.96. The predicted molar refractivity (Wildman–Crippen MR) is 89.9 cm³/mol. The molecule has 1 heterocycles. The molecule has 1 aromatic heterocycles. The number of hydrogen-bond donors (Lipinski definition) is 1. The quantitative estimate of drug-likeness (QED) is 0.882. The van der Waals surface area contributed by atoms with Crippen molar-refractivity contribution in [1.29, 1.82) is 0 Å². The van der Waals surface area contributed by atoms with Crippen LogP contribution in [0.25, 0.3) is 0 Å². The van der Waals surface area contributed by atoms with Crippen LogP contribution in [0.15, 0.2) is 18.2 Å². The van der Waals surface area contributed by atoms with Crippen molar-refractivity contribution in [1.82, 2.24) is 9.88 Å². The average Bonchev–Trinajstić information content (AvgIpc) is 2.78.